The lowest BCUT2D eigenvalue weighted by atomic mass is 10.1. The van der Waals surface area contributed by atoms with E-state index in [-0.39, 0.29) is 19.1 Å². The highest BCUT2D eigenvalue weighted by Crippen LogP contribution is 2.09. The molecule has 0 fully saturated rings. The molecule has 24 heavy (non-hydrogen) atoms. The Hall–Kier alpha value is -1.10. The number of ether oxygens (including phenoxy) is 3. The summed E-state index contributed by atoms with van der Waals surface area (Å²) in [5.74, 6) is -0.586. The minimum Gasteiger partial charge on any atom is -0.464 e. The quantitative estimate of drug-likeness (QED) is 0.309. The molecule has 0 amide bonds. The molecule has 0 aromatic carbocycles. The largest absolute Gasteiger partial charge is 0.464 e. The predicted octanol–water partition coefficient (Wildman–Crippen LogP) is 4.28. The van der Waals surface area contributed by atoms with Gasteiger partial charge in [0, 0.05) is 0 Å². The Morgan fingerprint density at radius 1 is 0.750 bits per heavy atom. The number of esters is 2. The van der Waals surface area contributed by atoms with Gasteiger partial charge < -0.3 is 14.2 Å². The van der Waals surface area contributed by atoms with Crippen LogP contribution in [0.4, 0.5) is 0 Å². The zero-order chi connectivity index (χ0) is 18.0. The summed E-state index contributed by atoms with van der Waals surface area (Å²) in [6, 6.07) is 0. The third-order valence-corrected chi connectivity index (χ3v) is 3.53. The SMILES string of the molecule is CCCCCCCCCCCOC(=O)COCC(=O)OCC(C)C. The van der Waals surface area contributed by atoms with Crippen LogP contribution in [0.15, 0.2) is 0 Å². The van der Waals surface area contributed by atoms with Crippen LogP contribution in [0.25, 0.3) is 0 Å². The molecular weight excluding hydrogens is 308 g/mol. The minimum absolute atomic E-state index is 0.200. The Bertz CT molecular complexity index is 315. The second kappa shape index (κ2) is 16.7. The van der Waals surface area contributed by atoms with Gasteiger partial charge >= 0.3 is 11.9 Å². The van der Waals surface area contributed by atoms with Crippen LogP contribution in [0, 0.1) is 5.92 Å². The standard InChI is InChI=1S/C19H36O5/c1-4-5-6-7-8-9-10-11-12-13-23-18(20)15-22-16-19(21)24-14-17(2)3/h17H,4-16H2,1-3H3. The topological polar surface area (TPSA) is 61.8 Å². The predicted molar refractivity (Wildman–Crippen MR) is 94.8 cm³/mol. The Kier molecular flexibility index (Phi) is 16.0. The van der Waals surface area contributed by atoms with Crippen molar-refractivity contribution in [3.63, 3.8) is 0 Å². The smallest absolute Gasteiger partial charge is 0.332 e. The summed E-state index contributed by atoms with van der Waals surface area (Å²) in [4.78, 5) is 22.7. The van der Waals surface area contributed by atoms with E-state index >= 15 is 0 Å². The van der Waals surface area contributed by atoms with Gasteiger partial charge in [0.05, 0.1) is 13.2 Å². The first-order valence-corrected chi connectivity index (χ1v) is 9.45. The van der Waals surface area contributed by atoms with Gasteiger partial charge in [-0.05, 0) is 12.3 Å². The molecule has 0 radical (unpaired) electrons. The molecule has 0 aromatic heterocycles. The number of rotatable bonds is 16. The number of carbonyl (C=O) groups excluding carboxylic acids is 2. The molecule has 0 aliphatic heterocycles. The molecule has 0 N–H and O–H groups in total. The van der Waals surface area contributed by atoms with Crippen LogP contribution in [0.1, 0.15) is 78.6 Å². The third-order valence-electron chi connectivity index (χ3n) is 3.53. The van der Waals surface area contributed by atoms with Gasteiger partial charge in [-0.3, -0.25) is 0 Å². The second-order valence-corrected chi connectivity index (χ2v) is 6.62. The van der Waals surface area contributed by atoms with Gasteiger partial charge in [0.2, 0.25) is 0 Å². The van der Waals surface area contributed by atoms with Crippen LogP contribution >= 0.6 is 0 Å². The van der Waals surface area contributed by atoms with Gasteiger partial charge in [-0.1, -0.05) is 72.1 Å². The van der Waals surface area contributed by atoms with Gasteiger partial charge in [0.1, 0.15) is 13.2 Å². The zero-order valence-electron chi connectivity index (χ0n) is 15.8. The normalized spacial score (nSPS) is 10.8. The summed E-state index contributed by atoms with van der Waals surface area (Å²) in [6.07, 6.45) is 11.0. The molecule has 0 saturated carbocycles. The van der Waals surface area contributed by atoms with E-state index in [1.165, 1.54) is 44.9 Å². The third kappa shape index (κ3) is 17.3. The first kappa shape index (κ1) is 22.9. The van der Waals surface area contributed by atoms with Gasteiger partial charge in [-0.2, -0.15) is 0 Å². The van der Waals surface area contributed by atoms with E-state index in [1.54, 1.807) is 0 Å². The Morgan fingerprint density at radius 3 is 1.79 bits per heavy atom. The summed E-state index contributed by atoms with van der Waals surface area (Å²) in [6.45, 7) is 6.52. The van der Waals surface area contributed by atoms with E-state index in [1.807, 2.05) is 13.8 Å². The van der Waals surface area contributed by atoms with E-state index < -0.39 is 11.9 Å². The number of hydrogen-bond acceptors (Lipinski definition) is 5. The van der Waals surface area contributed by atoms with E-state index in [0.29, 0.717) is 13.2 Å². The summed E-state index contributed by atoms with van der Waals surface area (Å²) < 4.78 is 15.0. The van der Waals surface area contributed by atoms with Crippen molar-refractivity contribution in [1.82, 2.24) is 0 Å². The molecule has 5 heteroatoms. The van der Waals surface area contributed by atoms with E-state index in [4.69, 9.17) is 14.2 Å². The first-order chi connectivity index (χ1) is 11.6. The lowest BCUT2D eigenvalue weighted by Gasteiger charge is -2.08. The fourth-order valence-corrected chi connectivity index (χ4v) is 2.16. The van der Waals surface area contributed by atoms with Crippen LogP contribution in [-0.4, -0.2) is 38.4 Å². The van der Waals surface area contributed by atoms with Crippen LogP contribution in [0.3, 0.4) is 0 Å². The molecule has 0 unspecified atom stereocenters. The van der Waals surface area contributed by atoms with Crippen LogP contribution in [-0.2, 0) is 23.8 Å². The van der Waals surface area contributed by atoms with Crippen molar-refractivity contribution in [3.8, 4) is 0 Å². The van der Waals surface area contributed by atoms with Gasteiger partial charge in [-0.25, -0.2) is 9.59 Å². The highest BCUT2D eigenvalue weighted by molar-refractivity contribution is 5.73. The van der Waals surface area contributed by atoms with E-state index in [2.05, 4.69) is 6.92 Å². The lowest BCUT2D eigenvalue weighted by molar-refractivity contribution is -0.156. The number of unbranched alkanes of at least 4 members (excludes halogenated alkanes) is 8. The van der Waals surface area contributed by atoms with Crippen molar-refractivity contribution in [2.24, 2.45) is 5.92 Å². The Morgan fingerprint density at radius 2 is 1.25 bits per heavy atom. The maximum atomic E-state index is 11.4. The van der Waals surface area contributed by atoms with Crippen LogP contribution < -0.4 is 0 Å². The first-order valence-electron chi connectivity index (χ1n) is 9.45. The molecule has 0 bridgehead atoms. The molecule has 0 aromatic rings. The van der Waals surface area contributed by atoms with Crippen molar-refractivity contribution in [2.75, 3.05) is 26.4 Å². The van der Waals surface area contributed by atoms with Gasteiger partial charge in [0.25, 0.3) is 0 Å². The Balaban J connectivity index is 3.31. The average Bonchev–Trinajstić information content (AvgIpc) is 2.54. The monoisotopic (exact) mass is 344 g/mol. The fourth-order valence-electron chi connectivity index (χ4n) is 2.16. The van der Waals surface area contributed by atoms with Crippen molar-refractivity contribution < 1.29 is 23.8 Å². The highest BCUT2D eigenvalue weighted by Gasteiger charge is 2.08. The molecular formula is C19H36O5. The van der Waals surface area contributed by atoms with Crippen molar-refractivity contribution >= 4 is 11.9 Å². The molecule has 0 rings (SSSR count). The highest BCUT2D eigenvalue weighted by atomic mass is 16.6. The van der Waals surface area contributed by atoms with E-state index in [9.17, 15) is 9.59 Å². The van der Waals surface area contributed by atoms with Gasteiger partial charge in [-0.15, -0.1) is 0 Å². The molecule has 5 nitrogen and oxygen atoms in total. The van der Waals surface area contributed by atoms with Crippen molar-refractivity contribution in [2.45, 2.75) is 78.6 Å². The van der Waals surface area contributed by atoms with E-state index in [0.717, 1.165) is 12.8 Å². The van der Waals surface area contributed by atoms with Gasteiger partial charge in [0.15, 0.2) is 0 Å². The zero-order valence-corrected chi connectivity index (χ0v) is 15.8. The maximum absolute atomic E-state index is 11.4. The Labute approximate surface area is 147 Å². The maximum Gasteiger partial charge on any atom is 0.332 e. The minimum atomic E-state index is -0.449. The average molecular weight is 344 g/mol. The van der Waals surface area contributed by atoms with Crippen LogP contribution in [0.2, 0.25) is 0 Å². The lowest BCUT2D eigenvalue weighted by Crippen LogP contribution is -2.20. The molecule has 0 spiro atoms. The molecule has 0 aliphatic carbocycles. The molecule has 0 aliphatic rings. The molecule has 0 saturated heterocycles. The van der Waals surface area contributed by atoms with Crippen molar-refractivity contribution in [3.05, 3.63) is 0 Å². The molecule has 0 heterocycles. The number of hydrogen-bond donors (Lipinski definition) is 0. The molecule has 142 valence electrons. The fraction of sp³-hybridized carbons (Fsp3) is 0.895. The van der Waals surface area contributed by atoms with Crippen molar-refractivity contribution in [1.29, 1.82) is 0 Å². The summed E-state index contributed by atoms with van der Waals surface area (Å²) in [7, 11) is 0. The second-order valence-electron chi connectivity index (χ2n) is 6.62. The molecule has 0 atom stereocenters. The summed E-state index contributed by atoms with van der Waals surface area (Å²) >= 11 is 0. The summed E-state index contributed by atoms with van der Waals surface area (Å²) in [5, 5.41) is 0. The summed E-state index contributed by atoms with van der Waals surface area (Å²) in [5.41, 5.74) is 0. The number of carbonyl (C=O) groups is 2. The van der Waals surface area contributed by atoms with Crippen LogP contribution in [0.5, 0.6) is 0 Å².